The fourth-order valence-electron chi connectivity index (χ4n) is 1.73. The molecular weight excluding hydrogens is 284 g/mol. The predicted molar refractivity (Wildman–Crippen MR) is 73.5 cm³/mol. The van der Waals surface area contributed by atoms with Gasteiger partial charge in [-0.15, -0.1) is 0 Å². The molecule has 3 N–H and O–H groups in total. The van der Waals surface area contributed by atoms with E-state index in [2.05, 4.69) is 15.0 Å². The number of carbonyl (C=O) groups is 1. The maximum Gasteiger partial charge on any atom is 0.356 e. The number of aromatic carboxylic acids is 1. The third kappa shape index (κ3) is 2.89. The van der Waals surface area contributed by atoms with Gasteiger partial charge in [-0.2, -0.15) is 0 Å². The van der Waals surface area contributed by atoms with Gasteiger partial charge in [0, 0.05) is 12.7 Å². The van der Waals surface area contributed by atoms with Crippen molar-refractivity contribution >= 4 is 27.5 Å². The summed E-state index contributed by atoms with van der Waals surface area (Å²) in [5.74, 6) is -1.16. The van der Waals surface area contributed by atoms with E-state index in [0.717, 1.165) is 0 Å². The second-order valence-corrected chi connectivity index (χ2v) is 6.04. The Bertz CT molecular complexity index is 738. The zero-order valence-corrected chi connectivity index (χ0v) is 11.5. The summed E-state index contributed by atoms with van der Waals surface area (Å²) in [7, 11) is -2.02. The summed E-state index contributed by atoms with van der Waals surface area (Å²) in [6.45, 7) is 0.0628. The fraction of sp³-hybridized carbons (Fsp3) is 0.273. The predicted octanol–water partition coefficient (Wildman–Crippen LogP) is -0.00640. The van der Waals surface area contributed by atoms with Gasteiger partial charge < -0.3 is 10.4 Å². The number of carboxylic acids is 1. The lowest BCUT2D eigenvalue weighted by Gasteiger charge is -2.05. The van der Waals surface area contributed by atoms with Crippen LogP contribution in [-0.2, 0) is 10.0 Å². The number of sulfonamides is 1. The zero-order chi connectivity index (χ0) is 14.8. The Morgan fingerprint density at radius 1 is 1.45 bits per heavy atom. The summed E-state index contributed by atoms with van der Waals surface area (Å²) in [5.41, 5.74) is 0.450. The first-order valence-electron chi connectivity index (χ1n) is 5.80. The molecule has 0 amide bonds. The van der Waals surface area contributed by atoms with E-state index in [9.17, 15) is 18.3 Å². The summed E-state index contributed by atoms with van der Waals surface area (Å²) >= 11 is 0. The Balaban J connectivity index is 2.26. The van der Waals surface area contributed by atoms with Crippen LogP contribution in [0.1, 0.15) is 10.5 Å². The molecule has 20 heavy (non-hydrogen) atoms. The van der Waals surface area contributed by atoms with Gasteiger partial charge in [0.15, 0.2) is 11.5 Å². The minimum Gasteiger partial charge on any atom is -0.476 e. The zero-order valence-electron chi connectivity index (χ0n) is 10.7. The van der Waals surface area contributed by atoms with Crippen LogP contribution in [-0.4, -0.2) is 48.2 Å². The third-order valence-corrected chi connectivity index (χ3v) is 4.07. The molecule has 2 aromatic heterocycles. The molecule has 0 spiro atoms. The van der Waals surface area contributed by atoms with E-state index in [1.54, 1.807) is 24.4 Å². The SMILES string of the molecule is CNS(=O)(=O)CCNc1nc2ccccn2c1C(=O)O. The van der Waals surface area contributed by atoms with Crippen molar-refractivity contribution < 1.29 is 18.3 Å². The van der Waals surface area contributed by atoms with Crippen LogP contribution < -0.4 is 10.0 Å². The van der Waals surface area contributed by atoms with Crippen LogP contribution in [0, 0.1) is 0 Å². The minimum absolute atomic E-state index is 0.0255. The number of nitrogens with one attached hydrogen (secondary N) is 2. The highest BCUT2D eigenvalue weighted by atomic mass is 32.2. The van der Waals surface area contributed by atoms with E-state index >= 15 is 0 Å². The number of hydrogen-bond acceptors (Lipinski definition) is 5. The summed E-state index contributed by atoms with van der Waals surface area (Å²) in [6.07, 6.45) is 1.58. The fourth-order valence-corrected chi connectivity index (χ4v) is 2.30. The van der Waals surface area contributed by atoms with Crippen molar-refractivity contribution in [3.8, 4) is 0 Å². The number of aromatic nitrogens is 2. The van der Waals surface area contributed by atoms with Crippen molar-refractivity contribution in [2.45, 2.75) is 0 Å². The van der Waals surface area contributed by atoms with E-state index in [4.69, 9.17) is 0 Å². The van der Waals surface area contributed by atoms with E-state index in [0.29, 0.717) is 5.65 Å². The molecule has 0 saturated carbocycles. The quantitative estimate of drug-likeness (QED) is 0.691. The van der Waals surface area contributed by atoms with Crippen LogP contribution in [0.2, 0.25) is 0 Å². The van der Waals surface area contributed by atoms with Crippen LogP contribution in [0.25, 0.3) is 5.65 Å². The number of nitrogens with zero attached hydrogens (tertiary/aromatic N) is 2. The number of rotatable bonds is 6. The molecule has 0 aliphatic heterocycles. The summed E-state index contributed by atoms with van der Waals surface area (Å²) in [4.78, 5) is 15.4. The lowest BCUT2D eigenvalue weighted by Crippen LogP contribution is -2.26. The van der Waals surface area contributed by atoms with Crippen molar-refractivity contribution in [2.75, 3.05) is 24.7 Å². The summed E-state index contributed by atoms with van der Waals surface area (Å²) in [6, 6.07) is 5.10. The lowest BCUT2D eigenvalue weighted by atomic mass is 10.4. The first-order chi connectivity index (χ1) is 9.44. The number of fused-ring (bicyclic) bond motifs is 1. The van der Waals surface area contributed by atoms with Crippen LogP contribution in [0.3, 0.4) is 0 Å². The molecule has 2 aromatic rings. The molecule has 0 bridgehead atoms. The molecule has 0 atom stereocenters. The number of hydrogen-bond donors (Lipinski definition) is 3. The molecule has 0 radical (unpaired) electrons. The van der Waals surface area contributed by atoms with Gasteiger partial charge >= 0.3 is 5.97 Å². The van der Waals surface area contributed by atoms with Crippen LogP contribution >= 0.6 is 0 Å². The Labute approximate surface area is 115 Å². The van der Waals surface area contributed by atoms with Crippen LogP contribution in [0.4, 0.5) is 5.82 Å². The van der Waals surface area contributed by atoms with Gasteiger partial charge in [-0.25, -0.2) is 22.9 Å². The molecule has 0 fully saturated rings. The summed E-state index contributed by atoms with van der Waals surface area (Å²) in [5, 5.41) is 12.0. The molecule has 0 aromatic carbocycles. The average Bonchev–Trinajstić information content (AvgIpc) is 2.76. The van der Waals surface area contributed by atoms with Gasteiger partial charge in [0.1, 0.15) is 5.65 Å². The van der Waals surface area contributed by atoms with Crippen molar-refractivity contribution in [3.63, 3.8) is 0 Å². The molecular formula is C11H14N4O4S. The van der Waals surface area contributed by atoms with E-state index in [-0.39, 0.29) is 23.8 Å². The highest BCUT2D eigenvalue weighted by molar-refractivity contribution is 7.89. The number of pyridine rings is 1. The van der Waals surface area contributed by atoms with Gasteiger partial charge in [0.25, 0.3) is 0 Å². The number of anilines is 1. The second-order valence-electron chi connectivity index (χ2n) is 3.99. The van der Waals surface area contributed by atoms with Crippen molar-refractivity contribution in [2.24, 2.45) is 0 Å². The van der Waals surface area contributed by atoms with Gasteiger partial charge in [-0.1, -0.05) is 6.07 Å². The van der Waals surface area contributed by atoms with Crippen molar-refractivity contribution in [1.82, 2.24) is 14.1 Å². The van der Waals surface area contributed by atoms with Gasteiger partial charge in [0.05, 0.1) is 5.75 Å². The molecule has 9 heteroatoms. The van der Waals surface area contributed by atoms with Crippen LogP contribution in [0.5, 0.6) is 0 Å². The average molecular weight is 298 g/mol. The highest BCUT2D eigenvalue weighted by Crippen LogP contribution is 2.17. The Kier molecular flexibility index (Phi) is 3.91. The van der Waals surface area contributed by atoms with Crippen LogP contribution in [0.15, 0.2) is 24.4 Å². The van der Waals surface area contributed by atoms with E-state index in [1.165, 1.54) is 11.4 Å². The Hall–Kier alpha value is -2.13. The molecule has 0 aliphatic carbocycles. The molecule has 2 heterocycles. The van der Waals surface area contributed by atoms with E-state index in [1.807, 2.05) is 0 Å². The first kappa shape index (κ1) is 14.3. The largest absolute Gasteiger partial charge is 0.476 e. The Morgan fingerprint density at radius 3 is 2.85 bits per heavy atom. The maximum absolute atomic E-state index is 11.3. The standard InChI is InChI=1S/C11H14N4O4S/c1-12-20(18,19)7-5-13-10-9(11(16)17)15-6-3-2-4-8(15)14-10/h2-4,6,12-13H,5,7H2,1H3,(H,16,17). The molecule has 8 nitrogen and oxygen atoms in total. The van der Waals surface area contributed by atoms with Crippen molar-refractivity contribution in [3.05, 3.63) is 30.1 Å². The molecule has 2 rings (SSSR count). The van der Waals surface area contributed by atoms with E-state index < -0.39 is 16.0 Å². The number of carboxylic acid groups (broad SMARTS) is 1. The maximum atomic E-state index is 11.3. The third-order valence-electron chi connectivity index (χ3n) is 2.71. The molecule has 0 saturated heterocycles. The molecule has 0 aliphatic rings. The van der Waals surface area contributed by atoms with Crippen molar-refractivity contribution in [1.29, 1.82) is 0 Å². The van der Waals surface area contributed by atoms with Gasteiger partial charge in [0.2, 0.25) is 10.0 Å². The highest BCUT2D eigenvalue weighted by Gasteiger charge is 2.18. The number of imidazole rings is 1. The van der Waals surface area contributed by atoms with Gasteiger partial charge in [-0.3, -0.25) is 4.40 Å². The monoisotopic (exact) mass is 298 g/mol. The topological polar surface area (TPSA) is 113 Å². The first-order valence-corrected chi connectivity index (χ1v) is 7.45. The Morgan fingerprint density at radius 2 is 2.20 bits per heavy atom. The lowest BCUT2D eigenvalue weighted by molar-refractivity contribution is 0.0690. The second kappa shape index (κ2) is 5.47. The molecule has 108 valence electrons. The molecule has 0 unspecified atom stereocenters. The smallest absolute Gasteiger partial charge is 0.356 e. The summed E-state index contributed by atoms with van der Waals surface area (Å²) < 4.78 is 26.2. The minimum atomic E-state index is -3.35. The normalized spacial score (nSPS) is 11.7. The van der Waals surface area contributed by atoms with Gasteiger partial charge in [-0.05, 0) is 19.2 Å².